The van der Waals surface area contributed by atoms with Crippen molar-refractivity contribution in [1.82, 2.24) is 0 Å². The van der Waals surface area contributed by atoms with E-state index in [0.717, 1.165) is 57.9 Å². The Hall–Kier alpha value is -1.86. The van der Waals surface area contributed by atoms with Crippen LogP contribution in [-0.2, 0) is 42.2 Å². The first-order chi connectivity index (χ1) is 29.0. The Morgan fingerprint density at radius 1 is 0.600 bits per heavy atom. The Morgan fingerprint density at radius 3 is 1.57 bits per heavy atom. The molecule has 14 heteroatoms. The number of allylic oxidation sites excluding steroid dienone is 2. The first kappa shape index (κ1) is 58.1. The van der Waals surface area contributed by atoms with Crippen molar-refractivity contribution in [3.63, 3.8) is 0 Å². The predicted molar refractivity (Wildman–Crippen MR) is 237 cm³/mol. The van der Waals surface area contributed by atoms with Crippen LogP contribution < -0.4 is 16.4 Å². The van der Waals surface area contributed by atoms with Crippen LogP contribution in [0.25, 0.3) is 0 Å². The monoisotopic (exact) mass is 877 g/mol. The van der Waals surface area contributed by atoms with Gasteiger partial charge in [0.15, 0.2) is 6.10 Å². The lowest BCUT2D eigenvalue weighted by Crippen LogP contribution is -2.50. The summed E-state index contributed by atoms with van der Waals surface area (Å²) >= 11 is 0. The largest absolute Gasteiger partial charge is 0.756 e. The van der Waals surface area contributed by atoms with Gasteiger partial charge in [0.1, 0.15) is 25.4 Å². The molecule has 0 rings (SSSR count). The summed E-state index contributed by atoms with van der Waals surface area (Å²) in [4.78, 5) is 49.9. The van der Waals surface area contributed by atoms with E-state index in [-0.39, 0.29) is 19.4 Å². The molecule has 4 atom stereocenters. The van der Waals surface area contributed by atoms with E-state index in [9.17, 15) is 28.9 Å². The fourth-order valence-electron chi connectivity index (χ4n) is 6.63. The summed E-state index contributed by atoms with van der Waals surface area (Å²) in [7, 11) is -4.99. The average Bonchev–Trinajstić information content (AvgIpc) is 3.23. The standard InChI is InChI=1S/C46H89N2O11P/c1-3-5-7-9-11-13-15-17-18-20-21-23-25-27-29-34-44(50)55-39-42(59-45(51)35-30-28-26-24-22-19-16-14-12-10-8-6-4-2)40-58-60(53,54)57-38-41(49)37-56-46(52)43(48)33-31-32-36-47/h13,15,41-43,49H,3-12,14,16-40,47-48H2,1-2H3,(H,53,54)/b15-13+. The minimum Gasteiger partial charge on any atom is -0.756 e. The summed E-state index contributed by atoms with van der Waals surface area (Å²) in [5.41, 5.74) is 9.54. The van der Waals surface area contributed by atoms with Crippen LogP contribution in [0.15, 0.2) is 12.2 Å². The van der Waals surface area contributed by atoms with Crippen LogP contribution in [0, 0.1) is 0 Å². The van der Waals surface area contributed by atoms with E-state index in [0.29, 0.717) is 25.7 Å². The summed E-state index contributed by atoms with van der Waals surface area (Å²) in [5, 5.41) is 10.1. The molecule has 0 radical (unpaired) electrons. The van der Waals surface area contributed by atoms with E-state index in [1.165, 1.54) is 109 Å². The number of nitrogens with two attached hydrogens (primary N) is 1. The zero-order chi connectivity index (χ0) is 44.4. The van der Waals surface area contributed by atoms with E-state index in [2.05, 4.69) is 31.7 Å². The molecule has 0 aromatic heterocycles. The smallest absolute Gasteiger partial charge is 0.322 e. The van der Waals surface area contributed by atoms with Crippen molar-refractivity contribution in [2.24, 2.45) is 5.73 Å². The normalized spacial score (nSPS) is 14.2. The Kier molecular flexibility index (Phi) is 41.1. The molecule has 0 aliphatic rings. The van der Waals surface area contributed by atoms with Gasteiger partial charge >= 0.3 is 17.9 Å². The molecule has 4 unspecified atom stereocenters. The van der Waals surface area contributed by atoms with E-state index in [1.807, 2.05) is 0 Å². The summed E-state index contributed by atoms with van der Waals surface area (Å²) in [6.07, 6.45) is 34.3. The molecule has 0 saturated carbocycles. The lowest BCUT2D eigenvalue weighted by atomic mass is 10.0. The average molecular weight is 877 g/mol. The van der Waals surface area contributed by atoms with Crippen molar-refractivity contribution < 1.29 is 57.9 Å². The number of phosphoric acid groups is 1. The Morgan fingerprint density at radius 2 is 1.05 bits per heavy atom. The molecule has 0 aromatic rings. The maximum absolute atomic E-state index is 12.7. The second-order valence-electron chi connectivity index (χ2n) is 16.4. The lowest BCUT2D eigenvalue weighted by Gasteiger charge is -2.26. The molecule has 13 nitrogen and oxygen atoms in total. The Balaban J connectivity index is 4.65. The molecule has 0 fully saturated rings. The van der Waals surface area contributed by atoms with Crippen LogP contribution >= 0.6 is 7.82 Å². The highest BCUT2D eigenvalue weighted by molar-refractivity contribution is 7.45. The van der Waals surface area contributed by atoms with Crippen LogP contribution in [-0.4, -0.2) is 74.2 Å². The van der Waals surface area contributed by atoms with Crippen molar-refractivity contribution in [2.45, 2.75) is 231 Å². The summed E-state index contributed by atoms with van der Waals surface area (Å²) in [6, 6.07) is -0.862. The van der Waals surface area contributed by atoms with Crippen molar-refractivity contribution >= 4 is 25.7 Å². The molecule has 0 heterocycles. The van der Waals surface area contributed by atoms with E-state index in [1.54, 1.807) is 0 Å². The fourth-order valence-corrected chi connectivity index (χ4v) is 7.41. The van der Waals surface area contributed by atoms with Crippen molar-refractivity contribution in [3.8, 4) is 0 Å². The highest BCUT2D eigenvalue weighted by Gasteiger charge is 2.23. The van der Waals surface area contributed by atoms with Crippen molar-refractivity contribution in [3.05, 3.63) is 12.2 Å². The lowest BCUT2D eigenvalue weighted by molar-refractivity contribution is -0.368. The van der Waals surface area contributed by atoms with Gasteiger partial charge in [-0.05, 0) is 57.8 Å². The van der Waals surface area contributed by atoms with Gasteiger partial charge < -0.3 is 44.7 Å². The van der Waals surface area contributed by atoms with Gasteiger partial charge in [0.2, 0.25) is 0 Å². The van der Waals surface area contributed by atoms with E-state index >= 15 is 0 Å². The second kappa shape index (κ2) is 42.4. The number of carbonyl (C=O) groups excluding carboxylic acids is 3. The molecule has 0 saturated heterocycles. The molecule has 0 spiro atoms. The van der Waals surface area contributed by atoms with Gasteiger partial charge in [0.25, 0.3) is 7.82 Å². The molecule has 0 aromatic carbocycles. The highest BCUT2D eigenvalue weighted by Crippen LogP contribution is 2.38. The number of rotatable bonds is 45. The number of unbranched alkanes of at least 4 members (excludes halogenated alkanes) is 24. The number of aliphatic hydroxyl groups is 1. The number of esters is 3. The van der Waals surface area contributed by atoms with E-state index < -0.39 is 63.8 Å². The highest BCUT2D eigenvalue weighted by atomic mass is 31.2. The number of hydrogen-bond donors (Lipinski definition) is 3. The summed E-state index contributed by atoms with van der Waals surface area (Å²) < 4.78 is 38.1. The maximum atomic E-state index is 12.7. The first-order valence-electron chi connectivity index (χ1n) is 24.0. The third-order valence-electron chi connectivity index (χ3n) is 10.4. The number of aliphatic hydroxyl groups excluding tert-OH is 1. The summed E-state index contributed by atoms with van der Waals surface area (Å²) in [6.45, 7) is 2.92. The Bertz CT molecular complexity index is 1100. The fraction of sp³-hybridized carbons (Fsp3) is 0.891. The number of carbonyl (C=O) groups is 3. The zero-order valence-electron chi connectivity index (χ0n) is 38.1. The SMILES string of the molecule is CCCCCC/C=C/CCCCCCCCCC(=O)OCC(COP(=O)([O-])OCC(O)COC(=O)C(N)CCCC[NH3+])OC(=O)CCCCCCCCCCCCCCC. The van der Waals surface area contributed by atoms with Crippen LogP contribution in [0.4, 0.5) is 0 Å². The molecule has 60 heavy (non-hydrogen) atoms. The predicted octanol–water partition coefficient (Wildman–Crippen LogP) is 9.11. The van der Waals surface area contributed by atoms with Crippen LogP contribution in [0.3, 0.4) is 0 Å². The van der Waals surface area contributed by atoms with Crippen molar-refractivity contribution in [2.75, 3.05) is 33.0 Å². The van der Waals surface area contributed by atoms with Crippen molar-refractivity contribution in [1.29, 1.82) is 0 Å². The first-order valence-corrected chi connectivity index (χ1v) is 25.5. The maximum Gasteiger partial charge on any atom is 0.322 e. The molecule has 0 aliphatic carbocycles. The topological polar surface area (TPSA) is 211 Å². The van der Waals surface area contributed by atoms with Gasteiger partial charge in [0.05, 0.1) is 19.8 Å². The molecular formula is C46H89N2O11P. The van der Waals surface area contributed by atoms with Crippen LogP contribution in [0.2, 0.25) is 0 Å². The minimum absolute atomic E-state index is 0.147. The van der Waals surface area contributed by atoms with Crippen LogP contribution in [0.5, 0.6) is 0 Å². The molecular weight excluding hydrogens is 787 g/mol. The molecule has 0 aliphatic heterocycles. The number of ether oxygens (including phenoxy) is 3. The van der Waals surface area contributed by atoms with Gasteiger partial charge in [-0.1, -0.05) is 154 Å². The number of quaternary nitrogens is 1. The molecule has 354 valence electrons. The van der Waals surface area contributed by atoms with Gasteiger partial charge in [-0.15, -0.1) is 0 Å². The third kappa shape index (κ3) is 40.2. The molecule has 0 amide bonds. The quantitative estimate of drug-likeness (QED) is 0.0172. The van der Waals surface area contributed by atoms with Gasteiger partial charge in [-0.2, -0.15) is 0 Å². The van der Waals surface area contributed by atoms with Gasteiger partial charge in [-0.25, -0.2) is 0 Å². The third-order valence-corrected chi connectivity index (χ3v) is 11.4. The number of hydrogen-bond acceptors (Lipinski definition) is 12. The van der Waals surface area contributed by atoms with Gasteiger partial charge in [0, 0.05) is 12.8 Å². The number of phosphoric ester groups is 1. The minimum atomic E-state index is -4.99. The van der Waals surface area contributed by atoms with Crippen LogP contribution in [0.1, 0.15) is 213 Å². The summed E-state index contributed by atoms with van der Waals surface area (Å²) in [5.74, 6) is -1.71. The Labute approximate surface area is 364 Å². The van der Waals surface area contributed by atoms with Gasteiger partial charge in [-0.3, -0.25) is 18.9 Å². The molecule has 6 N–H and O–H groups in total. The second-order valence-corrected chi connectivity index (χ2v) is 17.8. The molecule has 0 bridgehead atoms. The zero-order valence-corrected chi connectivity index (χ0v) is 39.0. The van der Waals surface area contributed by atoms with E-state index in [4.69, 9.17) is 29.0 Å².